The fraction of sp³-hybridized carbons (Fsp3) is 0.667. The third-order valence-corrected chi connectivity index (χ3v) is 1.67. The van der Waals surface area contributed by atoms with Crippen LogP contribution in [0.5, 0.6) is 0 Å². The molecule has 0 bridgehead atoms. The van der Waals surface area contributed by atoms with Gasteiger partial charge in [0, 0.05) is 7.05 Å². The Morgan fingerprint density at radius 1 is 1.36 bits per heavy atom. The summed E-state index contributed by atoms with van der Waals surface area (Å²) in [4.78, 5) is 21.8. The van der Waals surface area contributed by atoms with E-state index in [2.05, 4.69) is 10.6 Å². The van der Waals surface area contributed by atoms with Crippen LogP contribution in [0.1, 0.15) is 6.92 Å². The second kappa shape index (κ2) is 3.34. The van der Waals surface area contributed by atoms with Gasteiger partial charge in [0.25, 0.3) is 0 Å². The van der Waals surface area contributed by atoms with Crippen LogP contribution in [0.25, 0.3) is 0 Å². The number of hydrogen-bond donors (Lipinski definition) is 3. The van der Waals surface area contributed by atoms with Crippen molar-refractivity contribution in [3.63, 3.8) is 0 Å². The fourth-order valence-corrected chi connectivity index (χ4v) is 0.599. The second-order valence-corrected chi connectivity index (χ2v) is 2.32. The van der Waals surface area contributed by atoms with Crippen molar-refractivity contribution < 1.29 is 9.59 Å². The lowest BCUT2D eigenvalue weighted by atomic mass is 10.0. The monoisotopic (exact) mass is 159 g/mol. The third kappa shape index (κ3) is 1.68. The van der Waals surface area contributed by atoms with Crippen LogP contribution in [-0.2, 0) is 9.59 Å². The van der Waals surface area contributed by atoms with Gasteiger partial charge in [-0.3, -0.25) is 14.9 Å². The molecule has 64 valence electrons. The van der Waals surface area contributed by atoms with Crippen molar-refractivity contribution in [2.24, 2.45) is 5.73 Å². The van der Waals surface area contributed by atoms with Gasteiger partial charge >= 0.3 is 0 Å². The van der Waals surface area contributed by atoms with E-state index in [4.69, 9.17) is 5.73 Å². The van der Waals surface area contributed by atoms with E-state index in [-0.39, 0.29) is 0 Å². The van der Waals surface area contributed by atoms with Crippen LogP contribution >= 0.6 is 0 Å². The Bertz CT molecular complexity index is 181. The Kier molecular flexibility index (Phi) is 3.00. The van der Waals surface area contributed by atoms with Gasteiger partial charge in [-0.15, -0.1) is 0 Å². The molecule has 11 heavy (non-hydrogen) atoms. The van der Waals surface area contributed by atoms with E-state index in [1.54, 1.807) is 0 Å². The summed E-state index contributed by atoms with van der Waals surface area (Å²) in [6.45, 7) is 1.42. The number of amides is 2. The van der Waals surface area contributed by atoms with Crippen LogP contribution in [0.15, 0.2) is 0 Å². The summed E-state index contributed by atoms with van der Waals surface area (Å²) in [5.41, 5.74) is 3.68. The highest BCUT2D eigenvalue weighted by molar-refractivity contribution is 6.08. The van der Waals surface area contributed by atoms with Gasteiger partial charge < -0.3 is 11.1 Å². The molecule has 0 fully saturated rings. The molecule has 1 atom stereocenters. The number of nitrogens with one attached hydrogen (secondary N) is 2. The SMILES string of the molecule is CNC(=O)[C@](C)(NC)C(N)=O. The van der Waals surface area contributed by atoms with Crippen molar-refractivity contribution in [3.05, 3.63) is 0 Å². The molecule has 5 nitrogen and oxygen atoms in total. The minimum absolute atomic E-state index is 0.437. The first-order valence-electron chi connectivity index (χ1n) is 3.20. The normalized spacial score (nSPS) is 15.2. The molecule has 0 aliphatic carbocycles. The minimum atomic E-state index is -1.31. The van der Waals surface area contributed by atoms with E-state index in [0.29, 0.717) is 0 Å². The highest BCUT2D eigenvalue weighted by Gasteiger charge is 2.36. The van der Waals surface area contributed by atoms with Crippen molar-refractivity contribution in [3.8, 4) is 0 Å². The molecule has 0 rings (SSSR count). The number of hydrogen-bond acceptors (Lipinski definition) is 3. The molecule has 0 radical (unpaired) electrons. The van der Waals surface area contributed by atoms with Crippen molar-refractivity contribution in [2.45, 2.75) is 12.5 Å². The molecule has 0 saturated carbocycles. The average Bonchev–Trinajstić information content (AvgIpc) is 2.01. The maximum atomic E-state index is 11.0. The molecule has 0 aliphatic heterocycles. The lowest BCUT2D eigenvalue weighted by Gasteiger charge is -2.22. The molecular formula is C6H13N3O2. The first-order valence-corrected chi connectivity index (χ1v) is 3.20. The number of likely N-dealkylation sites (N-methyl/N-ethyl adjacent to an activating group) is 2. The lowest BCUT2D eigenvalue weighted by molar-refractivity contribution is -0.135. The molecule has 0 spiro atoms. The van der Waals surface area contributed by atoms with Crippen molar-refractivity contribution in [2.75, 3.05) is 14.1 Å². The maximum Gasteiger partial charge on any atom is 0.249 e. The van der Waals surface area contributed by atoms with E-state index in [9.17, 15) is 9.59 Å². The molecule has 4 N–H and O–H groups in total. The Hall–Kier alpha value is -1.10. The van der Waals surface area contributed by atoms with E-state index < -0.39 is 17.4 Å². The standard InChI is InChI=1S/C6H13N3O2/c1-6(9-3,4(7)10)5(11)8-2/h9H,1-3H3,(H2,7,10)(H,8,11)/t6-/m1/s1. The predicted octanol–water partition coefficient (Wildman–Crippen LogP) is -1.80. The Balaban J connectivity index is 4.59. The smallest absolute Gasteiger partial charge is 0.249 e. The number of primary amides is 1. The van der Waals surface area contributed by atoms with Gasteiger partial charge in [0.15, 0.2) is 5.54 Å². The van der Waals surface area contributed by atoms with Crippen LogP contribution < -0.4 is 16.4 Å². The van der Waals surface area contributed by atoms with Crippen molar-refractivity contribution in [1.82, 2.24) is 10.6 Å². The predicted molar refractivity (Wildman–Crippen MR) is 40.7 cm³/mol. The zero-order valence-corrected chi connectivity index (χ0v) is 6.89. The van der Waals surface area contributed by atoms with Gasteiger partial charge in [-0.25, -0.2) is 0 Å². The summed E-state index contributed by atoms with van der Waals surface area (Å²) in [5, 5.41) is 4.88. The first-order chi connectivity index (χ1) is 4.99. The number of nitrogens with two attached hydrogens (primary N) is 1. The topological polar surface area (TPSA) is 84.2 Å². The summed E-state index contributed by atoms with van der Waals surface area (Å²) < 4.78 is 0. The molecule has 5 heteroatoms. The Labute approximate surface area is 65.3 Å². The maximum absolute atomic E-state index is 11.0. The summed E-state index contributed by atoms with van der Waals surface area (Å²) in [6, 6.07) is 0. The zero-order valence-electron chi connectivity index (χ0n) is 6.89. The number of carbonyl (C=O) groups is 2. The summed E-state index contributed by atoms with van der Waals surface area (Å²) >= 11 is 0. The summed E-state index contributed by atoms with van der Waals surface area (Å²) in [5.74, 6) is -1.13. The number of rotatable bonds is 3. The highest BCUT2D eigenvalue weighted by Crippen LogP contribution is 2.00. The molecular weight excluding hydrogens is 146 g/mol. The first kappa shape index (κ1) is 9.90. The van der Waals surface area contributed by atoms with Gasteiger partial charge in [-0.05, 0) is 14.0 Å². The van der Waals surface area contributed by atoms with Gasteiger partial charge in [0.2, 0.25) is 11.8 Å². The third-order valence-electron chi connectivity index (χ3n) is 1.67. The molecule has 0 unspecified atom stereocenters. The van der Waals surface area contributed by atoms with E-state index in [1.165, 1.54) is 21.0 Å². The molecule has 0 aromatic heterocycles. The zero-order chi connectivity index (χ0) is 9.07. The molecule has 0 heterocycles. The highest BCUT2D eigenvalue weighted by atomic mass is 16.2. The fourth-order valence-electron chi connectivity index (χ4n) is 0.599. The van der Waals surface area contributed by atoms with Crippen molar-refractivity contribution in [1.29, 1.82) is 0 Å². The van der Waals surface area contributed by atoms with Gasteiger partial charge in [-0.1, -0.05) is 0 Å². The largest absolute Gasteiger partial charge is 0.368 e. The van der Waals surface area contributed by atoms with Crippen LogP contribution in [0, 0.1) is 0 Å². The van der Waals surface area contributed by atoms with Crippen LogP contribution in [-0.4, -0.2) is 31.4 Å². The second-order valence-electron chi connectivity index (χ2n) is 2.32. The molecule has 2 amide bonds. The van der Waals surface area contributed by atoms with Crippen molar-refractivity contribution >= 4 is 11.8 Å². The Morgan fingerprint density at radius 2 is 1.82 bits per heavy atom. The molecule has 0 aromatic rings. The van der Waals surface area contributed by atoms with Gasteiger partial charge in [0.05, 0.1) is 0 Å². The van der Waals surface area contributed by atoms with E-state index in [0.717, 1.165) is 0 Å². The minimum Gasteiger partial charge on any atom is -0.368 e. The average molecular weight is 159 g/mol. The number of carbonyl (C=O) groups excluding carboxylic acids is 2. The lowest BCUT2D eigenvalue weighted by Crippen LogP contribution is -2.60. The molecule has 0 aliphatic rings. The van der Waals surface area contributed by atoms with E-state index >= 15 is 0 Å². The quantitative estimate of drug-likeness (QED) is 0.425. The van der Waals surface area contributed by atoms with Crippen LogP contribution in [0.2, 0.25) is 0 Å². The van der Waals surface area contributed by atoms with Crippen LogP contribution in [0.4, 0.5) is 0 Å². The molecule has 0 saturated heterocycles. The Morgan fingerprint density at radius 3 is 1.91 bits per heavy atom. The van der Waals surface area contributed by atoms with Crippen LogP contribution in [0.3, 0.4) is 0 Å². The van der Waals surface area contributed by atoms with Gasteiger partial charge in [0.1, 0.15) is 0 Å². The summed E-state index contributed by atoms with van der Waals surface area (Å²) in [6.07, 6.45) is 0. The van der Waals surface area contributed by atoms with Gasteiger partial charge in [-0.2, -0.15) is 0 Å². The van der Waals surface area contributed by atoms with E-state index in [1.807, 2.05) is 0 Å². The molecule has 0 aromatic carbocycles. The summed E-state index contributed by atoms with van der Waals surface area (Å²) in [7, 11) is 2.95.